The van der Waals surface area contributed by atoms with Crippen LogP contribution in [0.2, 0.25) is 15.6 Å². The molecule has 104 valence electrons. The van der Waals surface area contributed by atoms with Crippen LogP contribution >= 0.6 is 0 Å². The van der Waals surface area contributed by atoms with E-state index in [4.69, 9.17) is 0 Å². The molecule has 0 bridgehead atoms. The van der Waals surface area contributed by atoms with Crippen LogP contribution in [0.25, 0.3) is 0 Å². The van der Waals surface area contributed by atoms with Gasteiger partial charge in [0, 0.05) is 0 Å². The molecule has 0 aromatic carbocycles. The van der Waals surface area contributed by atoms with Crippen molar-refractivity contribution < 1.29 is 3.74 Å². The van der Waals surface area contributed by atoms with Gasteiger partial charge < -0.3 is 0 Å². The molecular formula is C15H33AsO. The van der Waals surface area contributed by atoms with Crippen LogP contribution in [0.4, 0.5) is 0 Å². The van der Waals surface area contributed by atoms with E-state index >= 15 is 0 Å². The molecule has 0 N–H and O–H groups in total. The van der Waals surface area contributed by atoms with Gasteiger partial charge in [0.25, 0.3) is 0 Å². The summed E-state index contributed by atoms with van der Waals surface area (Å²) in [6, 6.07) is 0. The Kier molecular flexibility index (Phi) is 8.64. The van der Waals surface area contributed by atoms with Crippen LogP contribution in [0, 0.1) is 17.8 Å². The topological polar surface area (TPSA) is 17.1 Å². The second-order valence-electron chi connectivity index (χ2n) is 6.78. The summed E-state index contributed by atoms with van der Waals surface area (Å²) in [5.74, 6) is 2.09. The van der Waals surface area contributed by atoms with E-state index < -0.39 is 13.5 Å². The Balaban J connectivity index is 4.29. The SMILES string of the molecule is CC(C)CC[As](=O)(CCC(C)C)CCC(C)C. The van der Waals surface area contributed by atoms with Gasteiger partial charge in [-0.1, -0.05) is 0 Å². The molecule has 0 aliphatic carbocycles. The standard InChI is InChI=1S/C15H33AsO/c1-13(2)7-10-16(17,11-8-14(3)4)12-9-15(5)6/h13-15H,7-12H2,1-6H3. The minimum atomic E-state index is -2.55. The fraction of sp³-hybridized carbons (Fsp3) is 1.00. The third-order valence-electron chi connectivity index (χ3n) is 3.34. The van der Waals surface area contributed by atoms with Crippen LogP contribution in [0.3, 0.4) is 0 Å². The Morgan fingerprint density at radius 2 is 0.882 bits per heavy atom. The van der Waals surface area contributed by atoms with E-state index in [1.54, 1.807) is 0 Å². The molecule has 17 heavy (non-hydrogen) atoms. The first-order chi connectivity index (χ1) is 7.75. The zero-order valence-corrected chi connectivity index (χ0v) is 14.7. The van der Waals surface area contributed by atoms with Crippen LogP contribution < -0.4 is 0 Å². The third-order valence-corrected chi connectivity index (χ3v) is 10.1. The minimum absolute atomic E-state index is 0.697. The Morgan fingerprint density at radius 3 is 1.06 bits per heavy atom. The molecule has 0 aromatic rings. The molecule has 0 rings (SSSR count). The molecule has 0 atom stereocenters. The van der Waals surface area contributed by atoms with Gasteiger partial charge in [-0.2, -0.15) is 0 Å². The molecule has 0 amide bonds. The van der Waals surface area contributed by atoms with Crippen LogP contribution in [0.1, 0.15) is 60.8 Å². The van der Waals surface area contributed by atoms with E-state index in [1.165, 1.54) is 0 Å². The van der Waals surface area contributed by atoms with Gasteiger partial charge in [0.05, 0.1) is 0 Å². The number of hydrogen-bond donors (Lipinski definition) is 0. The Morgan fingerprint density at radius 1 is 0.647 bits per heavy atom. The van der Waals surface area contributed by atoms with Gasteiger partial charge in [-0.25, -0.2) is 0 Å². The van der Waals surface area contributed by atoms with Crippen LogP contribution in [0.15, 0.2) is 0 Å². The molecule has 0 aliphatic rings. The third kappa shape index (κ3) is 10.0. The summed E-state index contributed by atoms with van der Waals surface area (Å²) in [6.45, 7) is 13.4. The van der Waals surface area contributed by atoms with Crippen molar-refractivity contribution in [3.05, 3.63) is 0 Å². The molecule has 1 nitrogen and oxygen atoms in total. The van der Waals surface area contributed by atoms with Crippen molar-refractivity contribution in [2.75, 3.05) is 0 Å². The predicted octanol–water partition coefficient (Wildman–Crippen LogP) is 5.50. The van der Waals surface area contributed by atoms with Crippen molar-refractivity contribution in [1.82, 2.24) is 0 Å². The zero-order valence-electron chi connectivity index (χ0n) is 12.8. The summed E-state index contributed by atoms with van der Waals surface area (Å²) in [6.07, 6.45) is 3.48. The van der Waals surface area contributed by atoms with Crippen LogP contribution in [-0.2, 0) is 3.74 Å². The summed E-state index contributed by atoms with van der Waals surface area (Å²) >= 11 is -2.55. The van der Waals surface area contributed by atoms with Crippen molar-refractivity contribution in [1.29, 1.82) is 0 Å². The van der Waals surface area contributed by atoms with Crippen LogP contribution in [-0.4, -0.2) is 13.5 Å². The molecule has 0 fully saturated rings. The van der Waals surface area contributed by atoms with Crippen molar-refractivity contribution in [2.45, 2.75) is 76.4 Å². The van der Waals surface area contributed by atoms with Crippen molar-refractivity contribution in [2.24, 2.45) is 17.8 Å². The van der Waals surface area contributed by atoms with E-state index in [2.05, 4.69) is 41.5 Å². The summed E-state index contributed by atoms with van der Waals surface area (Å²) in [5.41, 5.74) is 0. The van der Waals surface area contributed by atoms with Crippen molar-refractivity contribution >= 4 is 13.5 Å². The second kappa shape index (κ2) is 8.46. The molecule has 0 aliphatic heterocycles. The molecular weight excluding hydrogens is 271 g/mol. The van der Waals surface area contributed by atoms with E-state index in [-0.39, 0.29) is 0 Å². The summed E-state index contributed by atoms with van der Waals surface area (Å²) in [4.78, 5) is 0. The molecule has 0 spiro atoms. The summed E-state index contributed by atoms with van der Waals surface area (Å²) in [7, 11) is 0. The van der Waals surface area contributed by atoms with Crippen LogP contribution in [0.5, 0.6) is 0 Å². The molecule has 2 heteroatoms. The predicted molar refractivity (Wildman–Crippen MR) is 79.2 cm³/mol. The molecule has 0 unspecified atom stereocenters. The molecule has 0 saturated carbocycles. The van der Waals surface area contributed by atoms with E-state index in [0.717, 1.165) is 34.9 Å². The van der Waals surface area contributed by atoms with Gasteiger partial charge >= 0.3 is 111 Å². The van der Waals surface area contributed by atoms with Gasteiger partial charge in [-0.3, -0.25) is 0 Å². The summed E-state index contributed by atoms with van der Waals surface area (Å²) in [5, 5.41) is 3.11. The molecule has 0 saturated heterocycles. The first-order valence-corrected chi connectivity index (χ1v) is 12.1. The average molecular weight is 304 g/mol. The Bertz CT molecular complexity index is 193. The van der Waals surface area contributed by atoms with E-state index in [1.807, 2.05) is 0 Å². The van der Waals surface area contributed by atoms with Gasteiger partial charge in [0.15, 0.2) is 0 Å². The van der Waals surface area contributed by atoms with Gasteiger partial charge in [-0.05, 0) is 0 Å². The molecule has 0 radical (unpaired) electrons. The first kappa shape index (κ1) is 17.4. The Hall–Kier alpha value is 0.358. The maximum absolute atomic E-state index is 13.0. The zero-order chi connectivity index (χ0) is 13.5. The normalized spacial score (nSPS) is 13.0. The first-order valence-electron chi connectivity index (χ1n) is 7.32. The Labute approximate surface area is 111 Å². The number of hydrogen-bond acceptors (Lipinski definition) is 1. The second-order valence-corrected chi connectivity index (χ2v) is 14.0. The molecule has 0 aromatic heterocycles. The average Bonchev–Trinajstić information content (AvgIpc) is 2.21. The molecule has 0 heterocycles. The quantitative estimate of drug-likeness (QED) is 0.514. The van der Waals surface area contributed by atoms with Crippen molar-refractivity contribution in [3.63, 3.8) is 0 Å². The summed E-state index contributed by atoms with van der Waals surface area (Å²) < 4.78 is 13.0. The van der Waals surface area contributed by atoms with Crippen molar-refractivity contribution in [3.8, 4) is 0 Å². The van der Waals surface area contributed by atoms with Gasteiger partial charge in [0.1, 0.15) is 0 Å². The monoisotopic (exact) mass is 304 g/mol. The fourth-order valence-electron chi connectivity index (χ4n) is 1.82. The maximum atomic E-state index is 13.0. The van der Waals surface area contributed by atoms with Gasteiger partial charge in [0.2, 0.25) is 0 Å². The number of rotatable bonds is 9. The van der Waals surface area contributed by atoms with E-state index in [0.29, 0.717) is 17.8 Å². The van der Waals surface area contributed by atoms with Gasteiger partial charge in [-0.15, -0.1) is 0 Å². The fourth-order valence-corrected chi connectivity index (χ4v) is 9.44. The van der Waals surface area contributed by atoms with E-state index in [9.17, 15) is 3.74 Å².